The van der Waals surface area contributed by atoms with Crippen LogP contribution in [0.2, 0.25) is 0 Å². The summed E-state index contributed by atoms with van der Waals surface area (Å²) in [5.41, 5.74) is 2.13. The number of aryl methyl sites for hydroxylation is 2. The molecule has 0 radical (unpaired) electrons. The fourth-order valence-electron chi connectivity index (χ4n) is 4.58. The van der Waals surface area contributed by atoms with Crippen LogP contribution in [0.4, 0.5) is 0 Å². The van der Waals surface area contributed by atoms with Gasteiger partial charge in [0.25, 0.3) is 0 Å². The molecule has 0 unspecified atom stereocenters. The number of esters is 2. The first kappa shape index (κ1) is 27.8. The molecule has 7 nitrogen and oxygen atoms in total. The number of aliphatic hydroxyl groups is 1. The van der Waals surface area contributed by atoms with Crippen LogP contribution >= 0.6 is 0 Å². The predicted octanol–water partition coefficient (Wildman–Crippen LogP) is 4.47. The quantitative estimate of drug-likeness (QED) is 0.383. The lowest BCUT2D eigenvalue weighted by molar-refractivity contribution is -0.196. The van der Waals surface area contributed by atoms with E-state index in [2.05, 4.69) is 0 Å². The largest absolute Gasteiger partial charge is 0.465 e. The van der Waals surface area contributed by atoms with Crippen LogP contribution in [0.3, 0.4) is 0 Å². The number of hydrogen-bond acceptors (Lipinski definition) is 7. The number of aliphatic hydroxyl groups excluding tert-OH is 1. The molecular formula is C29H39NO6. The summed E-state index contributed by atoms with van der Waals surface area (Å²) >= 11 is 0. The second-order valence-electron chi connectivity index (χ2n) is 10.8. The maximum absolute atomic E-state index is 13.7. The summed E-state index contributed by atoms with van der Waals surface area (Å²) < 4.78 is 11.6. The third-order valence-electron chi connectivity index (χ3n) is 6.71. The Bertz CT molecular complexity index is 1020. The monoisotopic (exact) mass is 497 g/mol. The number of ether oxygens (including phenoxy) is 2. The minimum absolute atomic E-state index is 0.0192. The Hall–Kier alpha value is -2.74. The molecule has 3 rings (SSSR count). The van der Waals surface area contributed by atoms with Crippen LogP contribution in [0.25, 0.3) is 0 Å². The summed E-state index contributed by atoms with van der Waals surface area (Å²) in [5.74, 6) is -1.29. The van der Waals surface area contributed by atoms with E-state index in [1.165, 1.54) is 0 Å². The van der Waals surface area contributed by atoms with Gasteiger partial charge in [0.2, 0.25) is 0 Å². The molecule has 196 valence electrons. The van der Waals surface area contributed by atoms with Gasteiger partial charge in [-0.1, -0.05) is 76.2 Å². The van der Waals surface area contributed by atoms with E-state index >= 15 is 0 Å². The zero-order valence-corrected chi connectivity index (χ0v) is 22.2. The number of para-hydroxylation sites is 1. The lowest BCUT2D eigenvalue weighted by Crippen LogP contribution is -2.44. The Morgan fingerprint density at radius 2 is 1.67 bits per heavy atom. The van der Waals surface area contributed by atoms with Crippen LogP contribution in [0.15, 0.2) is 48.5 Å². The molecule has 0 aliphatic carbocycles. The van der Waals surface area contributed by atoms with Gasteiger partial charge in [0.05, 0.1) is 25.7 Å². The number of carbonyl (C=O) groups excluding carboxylic acids is 2. The van der Waals surface area contributed by atoms with Gasteiger partial charge >= 0.3 is 11.9 Å². The third kappa shape index (κ3) is 6.72. The first-order valence-electron chi connectivity index (χ1n) is 12.5. The molecule has 0 amide bonds. The maximum Gasteiger partial charge on any atom is 0.331 e. The molecule has 36 heavy (non-hydrogen) atoms. The van der Waals surface area contributed by atoms with Gasteiger partial charge < -0.3 is 14.6 Å². The van der Waals surface area contributed by atoms with Gasteiger partial charge in [-0.3, -0.25) is 9.63 Å². The highest BCUT2D eigenvalue weighted by Gasteiger charge is 2.52. The smallest absolute Gasteiger partial charge is 0.331 e. The van der Waals surface area contributed by atoms with Gasteiger partial charge in [-0.05, 0) is 36.5 Å². The van der Waals surface area contributed by atoms with Crippen molar-refractivity contribution in [2.45, 2.75) is 54.2 Å². The maximum atomic E-state index is 13.7. The van der Waals surface area contributed by atoms with Gasteiger partial charge in [0, 0.05) is 17.9 Å². The Balaban J connectivity index is 1.88. The van der Waals surface area contributed by atoms with Gasteiger partial charge in [0.1, 0.15) is 11.8 Å². The molecule has 7 heteroatoms. The van der Waals surface area contributed by atoms with E-state index in [-0.39, 0.29) is 38.2 Å². The second kappa shape index (κ2) is 12.0. The first-order chi connectivity index (χ1) is 17.0. The standard InChI is InChI=1S/C29H39NO6/c1-19(2)24-23(27(32)34-18-29(5,6)17-31)15-30(35-16-22-13-8-7-9-14-22)25(24)28(33)36-26-20(3)11-10-12-21(26)4/h7-14,19,23-25,31H,15-18H2,1-6H3/t23-,24+,25+/m0/s1. The fraction of sp³-hybridized carbons (Fsp3) is 0.517. The molecule has 0 spiro atoms. The molecule has 1 N–H and O–H groups in total. The van der Waals surface area contributed by atoms with E-state index in [1.54, 1.807) is 5.06 Å². The fourth-order valence-corrected chi connectivity index (χ4v) is 4.58. The van der Waals surface area contributed by atoms with Crippen molar-refractivity contribution in [3.05, 3.63) is 65.2 Å². The van der Waals surface area contributed by atoms with Crippen LogP contribution < -0.4 is 4.74 Å². The normalized spacial score (nSPS) is 20.5. The molecule has 3 atom stereocenters. The molecule has 1 aliphatic heterocycles. The van der Waals surface area contributed by atoms with Crippen LogP contribution in [-0.2, 0) is 25.8 Å². The Kier molecular flexibility index (Phi) is 9.28. The molecule has 1 fully saturated rings. The van der Waals surface area contributed by atoms with E-state index in [4.69, 9.17) is 14.3 Å². The number of hydroxylamine groups is 2. The lowest BCUT2D eigenvalue weighted by atomic mass is 9.81. The topological polar surface area (TPSA) is 85.3 Å². The average molecular weight is 498 g/mol. The third-order valence-corrected chi connectivity index (χ3v) is 6.71. The summed E-state index contributed by atoms with van der Waals surface area (Å²) in [6, 6.07) is 14.6. The molecule has 1 saturated heterocycles. The minimum Gasteiger partial charge on any atom is -0.465 e. The Morgan fingerprint density at radius 3 is 2.25 bits per heavy atom. The summed E-state index contributed by atoms with van der Waals surface area (Å²) in [7, 11) is 0. The van der Waals surface area contributed by atoms with E-state index in [0.717, 1.165) is 16.7 Å². The summed E-state index contributed by atoms with van der Waals surface area (Å²) in [6.45, 7) is 11.9. The van der Waals surface area contributed by atoms with E-state index < -0.39 is 29.3 Å². The predicted molar refractivity (Wildman–Crippen MR) is 137 cm³/mol. The average Bonchev–Trinajstić information content (AvgIpc) is 3.24. The zero-order chi connectivity index (χ0) is 26.5. The number of nitrogens with zero attached hydrogens (tertiary/aromatic N) is 1. The van der Waals surface area contributed by atoms with Crippen LogP contribution in [0, 0.1) is 37.0 Å². The number of hydrogen-bond donors (Lipinski definition) is 1. The van der Waals surface area contributed by atoms with Crippen molar-refractivity contribution < 1.29 is 29.0 Å². The number of carbonyl (C=O) groups is 2. The van der Waals surface area contributed by atoms with Crippen molar-refractivity contribution in [1.82, 2.24) is 5.06 Å². The van der Waals surface area contributed by atoms with E-state index in [0.29, 0.717) is 5.75 Å². The minimum atomic E-state index is -0.781. The Labute approximate surface area is 214 Å². The van der Waals surface area contributed by atoms with Gasteiger partial charge in [-0.25, -0.2) is 4.79 Å². The molecule has 2 aromatic carbocycles. The molecule has 1 aliphatic rings. The lowest BCUT2D eigenvalue weighted by Gasteiger charge is -2.29. The van der Waals surface area contributed by atoms with Crippen molar-refractivity contribution in [2.24, 2.45) is 23.2 Å². The van der Waals surface area contributed by atoms with Gasteiger partial charge in [-0.2, -0.15) is 5.06 Å². The van der Waals surface area contributed by atoms with Crippen molar-refractivity contribution in [3.63, 3.8) is 0 Å². The number of rotatable bonds is 10. The van der Waals surface area contributed by atoms with E-state index in [9.17, 15) is 14.7 Å². The van der Waals surface area contributed by atoms with Gasteiger partial charge in [0.15, 0.2) is 0 Å². The highest BCUT2D eigenvalue weighted by atomic mass is 16.7. The molecule has 0 aromatic heterocycles. The second-order valence-corrected chi connectivity index (χ2v) is 10.8. The Morgan fingerprint density at radius 1 is 1.03 bits per heavy atom. The van der Waals surface area contributed by atoms with Crippen LogP contribution in [0.5, 0.6) is 5.75 Å². The van der Waals surface area contributed by atoms with Crippen molar-refractivity contribution in [1.29, 1.82) is 0 Å². The summed E-state index contributed by atoms with van der Waals surface area (Å²) in [5, 5.41) is 11.1. The highest BCUT2D eigenvalue weighted by molar-refractivity contribution is 5.82. The van der Waals surface area contributed by atoms with Crippen LogP contribution in [-0.4, -0.2) is 47.9 Å². The highest BCUT2D eigenvalue weighted by Crippen LogP contribution is 2.38. The zero-order valence-electron chi connectivity index (χ0n) is 22.2. The first-order valence-corrected chi connectivity index (χ1v) is 12.5. The van der Waals surface area contributed by atoms with Crippen molar-refractivity contribution >= 4 is 11.9 Å². The summed E-state index contributed by atoms with van der Waals surface area (Å²) in [4.78, 5) is 33.0. The summed E-state index contributed by atoms with van der Waals surface area (Å²) in [6.07, 6.45) is 0. The number of benzene rings is 2. The molecule has 1 heterocycles. The van der Waals surface area contributed by atoms with Crippen LogP contribution in [0.1, 0.15) is 44.4 Å². The van der Waals surface area contributed by atoms with Crippen molar-refractivity contribution in [3.8, 4) is 5.75 Å². The van der Waals surface area contributed by atoms with Gasteiger partial charge in [-0.15, -0.1) is 0 Å². The molecular weight excluding hydrogens is 458 g/mol. The molecule has 2 aromatic rings. The SMILES string of the molecule is Cc1cccc(C)c1OC(=O)[C@H]1[C@H](C(C)C)[C@@H](C(=O)OCC(C)(C)CO)CN1OCc1ccccc1. The molecule has 0 saturated carbocycles. The van der Waals surface area contributed by atoms with Crippen molar-refractivity contribution in [2.75, 3.05) is 19.8 Å². The van der Waals surface area contributed by atoms with E-state index in [1.807, 2.05) is 90.1 Å². The molecule has 0 bridgehead atoms.